The molecule has 0 heterocycles. The van der Waals surface area contributed by atoms with Crippen LogP contribution in [0.1, 0.15) is 38.8 Å². The normalized spacial score (nSPS) is 17.3. The predicted molar refractivity (Wildman–Crippen MR) is 90.4 cm³/mol. The zero-order valence-corrected chi connectivity index (χ0v) is 13.8. The molecule has 0 fully saturated rings. The summed E-state index contributed by atoms with van der Waals surface area (Å²) in [5.41, 5.74) is -1.26. The molecule has 0 unspecified atom stereocenters. The van der Waals surface area contributed by atoms with Crippen LogP contribution in [-0.2, 0) is 11.2 Å². The Balaban J connectivity index is 2.72. The van der Waals surface area contributed by atoms with Crippen LogP contribution in [0.25, 0.3) is 0 Å². The topological polar surface area (TPSA) is 40.5 Å². The molecule has 22 heavy (non-hydrogen) atoms. The lowest BCUT2D eigenvalue weighted by Crippen LogP contribution is -2.55. The number of hydrogen-bond acceptors (Lipinski definition) is 2. The molecule has 0 saturated carbocycles. The molecule has 0 spiro atoms. The van der Waals surface area contributed by atoms with E-state index in [1.807, 2.05) is 88.4 Å². The summed E-state index contributed by atoms with van der Waals surface area (Å²) in [6.07, 6.45) is 0. The Morgan fingerprint density at radius 1 is 0.591 bits per heavy atom. The van der Waals surface area contributed by atoms with Crippen molar-refractivity contribution in [2.24, 2.45) is 11.8 Å². The first-order valence-electron chi connectivity index (χ1n) is 7.91. The first-order valence-corrected chi connectivity index (χ1v) is 7.91. The Hall–Kier alpha value is -1.64. The highest BCUT2D eigenvalue weighted by Crippen LogP contribution is 2.49. The summed E-state index contributed by atoms with van der Waals surface area (Å²) < 4.78 is 0. The molecular formula is C20H26O2. The van der Waals surface area contributed by atoms with Crippen LogP contribution in [0, 0.1) is 11.8 Å². The molecule has 2 atom stereocenters. The van der Waals surface area contributed by atoms with Crippen molar-refractivity contribution in [3.05, 3.63) is 71.8 Å². The van der Waals surface area contributed by atoms with Gasteiger partial charge in [-0.15, -0.1) is 0 Å². The van der Waals surface area contributed by atoms with Crippen LogP contribution >= 0.6 is 0 Å². The summed E-state index contributed by atoms with van der Waals surface area (Å²) in [4.78, 5) is 0. The summed E-state index contributed by atoms with van der Waals surface area (Å²) in [5.74, 6) is -0.301. The van der Waals surface area contributed by atoms with Gasteiger partial charge in [0.15, 0.2) is 0 Å². The fourth-order valence-corrected chi connectivity index (χ4v) is 3.37. The SMILES string of the molecule is CC(C)[C@](O)(c1ccccc1)[C@@](O)(c1ccccc1)C(C)C. The van der Waals surface area contributed by atoms with Gasteiger partial charge in [0.05, 0.1) is 0 Å². The lowest BCUT2D eigenvalue weighted by Gasteiger charge is -2.49. The second-order valence-electron chi connectivity index (χ2n) is 6.57. The molecule has 0 bridgehead atoms. The monoisotopic (exact) mass is 298 g/mol. The maximum Gasteiger partial charge on any atom is 0.125 e. The smallest absolute Gasteiger partial charge is 0.125 e. The Kier molecular flexibility index (Phi) is 4.74. The molecule has 2 nitrogen and oxygen atoms in total. The molecule has 2 aromatic carbocycles. The van der Waals surface area contributed by atoms with Gasteiger partial charge in [-0.2, -0.15) is 0 Å². The molecular weight excluding hydrogens is 272 g/mol. The summed E-state index contributed by atoms with van der Waals surface area (Å²) in [7, 11) is 0. The number of hydrogen-bond donors (Lipinski definition) is 2. The van der Waals surface area contributed by atoms with Crippen LogP contribution in [0.2, 0.25) is 0 Å². The Morgan fingerprint density at radius 3 is 1.09 bits per heavy atom. The maximum absolute atomic E-state index is 11.7. The molecule has 0 aliphatic rings. The van der Waals surface area contributed by atoms with Gasteiger partial charge in [-0.05, 0) is 23.0 Å². The zero-order valence-electron chi connectivity index (χ0n) is 13.8. The van der Waals surface area contributed by atoms with Gasteiger partial charge < -0.3 is 10.2 Å². The fraction of sp³-hybridized carbons (Fsp3) is 0.400. The highest BCUT2D eigenvalue weighted by molar-refractivity contribution is 5.35. The number of benzene rings is 2. The summed E-state index contributed by atoms with van der Waals surface area (Å²) in [5, 5.41) is 23.3. The molecule has 0 aliphatic carbocycles. The molecule has 2 N–H and O–H groups in total. The van der Waals surface area contributed by atoms with Crippen molar-refractivity contribution in [3.8, 4) is 0 Å². The third kappa shape index (κ3) is 2.47. The van der Waals surface area contributed by atoms with E-state index in [0.717, 1.165) is 11.1 Å². The highest BCUT2D eigenvalue weighted by atomic mass is 16.4. The zero-order chi connectivity index (χ0) is 16.4. The number of aliphatic hydroxyl groups is 2. The third-order valence-corrected chi connectivity index (χ3v) is 4.68. The van der Waals surface area contributed by atoms with E-state index in [0.29, 0.717) is 0 Å². The van der Waals surface area contributed by atoms with Crippen molar-refractivity contribution >= 4 is 0 Å². The standard InChI is InChI=1S/C20H26O2/c1-15(2)19(21,17-11-7-5-8-12-17)20(22,16(3)4)18-13-9-6-10-14-18/h5-16,21-22H,1-4H3/t19-,20-/m0/s1. The lowest BCUT2D eigenvalue weighted by atomic mass is 9.63. The highest BCUT2D eigenvalue weighted by Gasteiger charge is 2.55. The van der Waals surface area contributed by atoms with Crippen LogP contribution < -0.4 is 0 Å². The van der Waals surface area contributed by atoms with E-state index in [-0.39, 0.29) is 11.8 Å². The minimum absolute atomic E-state index is 0.150. The molecule has 118 valence electrons. The van der Waals surface area contributed by atoms with E-state index in [4.69, 9.17) is 0 Å². The third-order valence-electron chi connectivity index (χ3n) is 4.68. The van der Waals surface area contributed by atoms with E-state index in [2.05, 4.69) is 0 Å². The van der Waals surface area contributed by atoms with Crippen LogP contribution in [0.5, 0.6) is 0 Å². The van der Waals surface area contributed by atoms with Crippen LogP contribution in [-0.4, -0.2) is 10.2 Å². The van der Waals surface area contributed by atoms with Crippen molar-refractivity contribution < 1.29 is 10.2 Å². The van der Waals surface area contributed by atoms with Crippen molar-refractivity contribution in [3.63, 3.8) is 0 Å². The quantitative estimate of drug-likeness (QED) is 0.873. The van der Waals surface area contributed by atoms with E-state index in [9.17, 15) is 10.2 Å². The van der Waals surface area contributed by atoms with Gasteiger partial charge in [-0.1, -0.05) is 88.4 Å². The average Bonchev–Trinajstić information content (AvgIpc) is 2.54. The lowest BCUT2D eigenvalue weighted by molar-refractivity contribution is -0.212. The van der Waals surface area contributed by atoms with E-state index in [1.54, 1.807) is 0 Å². The molecule has 2 aromatic rings. The molecule has 0 aliphatic heterocycles. The van der Waals surface area contributed by atoms with Gasteiger partial charge in [0.1, 0.15) is 11.2 Å². The van der Waals surface area contributed by atoms with Gasteiger partial charge in [0.25, 0.3) is 0 Å². The minimum atomic E-state index is -1.37. The van der Waals surface area contributed by atoms with E-state index in [1.165, 1.54) is 0 Å². The molecule has 0 aromatic heterocycles. The Morgan fingerprint density at radius 2 is 0.864 bits per heavy atom. The summed E-state index contributed by atoms with van der Waals surface area (Å²) >= 11 is 0. The van der Waals surface area contributed by atoms with E-state index >= 15 is 0 Å². The van der Waals surface area contributed by atoms with Gasteiger partial charge >= 0.3 is 0 Å². The summed E-state index contributed by atoms with van der Waals surface area (Å²) in [6, 6.07) is 19.0. The van der Waals surface area contributed by atoms with Crippen molar-refractivity contribution in [1.82, 2.24) is 0 Å². The van der Waals surface area contributed by atoms with Crippen LogP contribution in [0.15, 0.2) is 60.7 Å². The molecule has 2 heteroatoms. The molecule has 0 radical (unpaired) electrons. The first-order chi connectivity index (χ1) is 10.3. The number of rotatable bonds is 5. The fourth-order valence-electron chi connectivity index (χ4n) is 3.37. The van der Waals surface area contributed by atoms with Crippen LogP contribution in [0.3, 0.4) is 0 Å². The second-order valence-corrected chi connectivity index (χ2v) is 6.57. The van der Waals surface area contributed by atoms with E-state index < -0.39 is 11.2 Å². The predicted octanol–water partition coefficient (Wildman–Crippen LogP) is 4.07. The second kappa shape index (κ2) is 6.23. The van der Waals surface area contributed by atoms with Crippen molar-refractivity contribution in [1.29, 1.82) is 0 Å². The Labute approximate surface area is 133 Å². The van der Waals surface area contributed by atoms with Gasteiger partial charge in [0.2, 0.25) is 0 Å². The first kappa shape index (κ1) is 16.7. The maximum atomic E-state index is 11.7. The van der Waals surface area contributed by atoms with Gasteiger partial charge in [-0.25, -0.2) is 0 Å². The van der Waals surface area contributed by atoms with Gasteiger partial charge in [0, 0.05) is 0 Å². The minimum Gasteiger partial charge on any atom is -0.381 e. The Bertz CT molecular complexity index is 536. The van der Waals surface area contributed by atoms with Crippen molar-refractivity contribution in [2.45, 2.75) is 38.9 Å². The van der Waals surface area contributed by atoms with Crippen LogP contribution in [0.4, 0.5) is 0 Å². The van der Waals surface area contributed by atoms with Gasteiger partial charge in [-0.3, -0.25) is 0 Å². The average molecular weight is 298 g/mol. The summed E-state index contributed by atoms with van der Waals surface area (Å²) in [6.45, 7) is 7.79. The molecule has 0 saturated heterocycles. The van der Waals surface area contributed by atoms with Crippen molar-refractivity contribution in [2.75, 3.05) is 0 Å². The molecule has 0 amide bonds. The largest absolute Gasteiger partial charge is 0.381 e. The molecule has 2 rings (SSSR count).